The van der Waals surface area contributed by atoms with Crippen molar-refractivity contribution in [2.45, 2.75) is 19.5 Å². The molecule has 0 radical (unpaired) electrons. The van der Waals surface area contributed by atoms with Gasteiger partial charge in [0.05, 0.1) is 0 Å². The number of hydrogen-bond acceptors (Lipinski definition) is 1. The summed E-state index contributed by atoms with van der Waals surface area (Å²) in [6.45, 7) is 1.74. The Kier molecular flexibility index (Phi) is 4.05. The fourth-order valence-corrected chi connectivity index (χ4v) is 1.20. The number of ketones is 1. The molecule has 0 heterocycles. The normalized spacial score (nSPS) is 13.0. The Morgan fingerprint density at radius 1 is 1.43 bits per heavy atom. The van der Waals surface area contributed by atoms with Crippen molar-refractivity contribution < 1.29 is 9.18 Å². The monoisotopic (exact) mass is 192 g/mol. The van der Waals surface area contributed by atoms with Crippen molar-refractivity contribution in [1.82, 2.24) is 0 Å². The highest BCUT2D eigenvalue weighted by Gasteiger charge is 2.10. The van der Waals surface area contributed by atoms with Crippen molar-refractivity contribution in [2.24, 2.45) is 0 Å². The summed E-state index contributed by atoms with van der Waals surface area (Å²) in [7, 11) is 0. The van der Waals surface area contributed by atoms with Crippen molar-refractivity contribution in [3.05, 3.63) is 48.0 Å². The van der Waals surface area contributed by atoms with Crippen LogP contribution in [-0.2, 0) is 0 Å². The quantitative estimate of drug-likeness (QED) is 0.529. The Morgan fingerprint density at radius 3 is 2.64 bits per heavy atom. The molecule has 1 nitrogen and oxygen atoms in total. The molecule has 1 aromatic carbocycles. The number of carbonyl (C=O) groups is 1. The smallest absolute Gasteiger partial charge is 0.166 e. The second-order valence-electron chi connectivity index (χ2n) is 3.04. The molecule has 0 saturated heterocycles. The zero-order valence-electron chi connectivity index (χ0n) is 8.11. The lowest BCUT2D eigenvalue weighted by molar-refractivity contribution is 0.0960. The molecule has 1 rings (SSSR count). The lowest BCUT2D eigenvalue weighted by atomic mass is 10.1. The minimum Gasteiger partial charge on any atom is -0.294 e. The number of Topliss-reactive ketones (excluding diaryl/α,β-unsaturated/α-hetero) is 1. The number of rotatable bonds is 4. The maximum absolute atomic E-state index is 13.0. The molecule has 0 amide bonds. The Bertz CT molecular complexity index is 316. The molecule has 0 N–H and O–H groups in total. The van der Waals surface area contributed by atoms with E-state index in [9.17, 15) is 9.18 Å². The van der Waals surface area contributed by atoms with Gasteiger partial charge in [-0.15, -0.1) is 0 Å². The molecule has 0 aliphatic rings. The number of alkyl halides is 1. The molecule has 14 heavy (non-hydrogen) atoms. The van der Waals surface area contributed by atoms with Crippen molar-refractivity contribution in [3.8, 4) is 0 Å². The standard InChI is InChI=1S/C12H13FO/c1-2-6-11(13)9-12(14)10-7-4-3-5-8-10/h2-8,11H,9H2,1H3/b6-2+. The molecular weight excluding hydrogens is 179 g/mol. The lowest BCUT2D eigenvalue weighted by Crippen LogP contribution is -2.06. The van der Waals surface area contributed by atoms with E-state index in [1.807, 2.05) is 6.07 Å². The molecule has 0 aliphatic carbocycles. The van der Waals surface area contributed by atoms with E-state index in [0.29, 0.717) is 5.56 Å². The van der Waals surface area contributed by atoms with Gasteiger partial charge in [0.25, 0.3) is 0 Å². The van der Waals surface area contributed by atoms with Gasteiger partial charge in [-0.05, 0) is 6.92 Å². The Balaban J connectivity index is 2.59. The minimum atomic E-state index is -1.17. The molecule has 1 aromatic rings. The number of hydrogen-bond donors (Lipinski definition) is 0. The predicted octanol–water partition coefficient (Wildman–Crippen LogP) is 3.17. The summed E-state index contributed by atoms with van der Waals surface area (Å²) >= 11 is 0. The van der Waals surface area contributed by atoms with E-state index < -0.39 is 6.17 Å². The van der Waals surface area contributed by atoms with E-state index in [-0.39, 0.29) is 12.2 Å². The van der Waals surface area contributed by atoms with Crippen LogP contribution in [0.15, 0.2) is 42.5 Å². The molecular formula is C12H13FO. The highest BCUT2D eigenvalue weighted by molar-refractivity contribution is 5.96. The third-order valence-electron chi connectivity index (χ3n) is 1.88. The molecule has 1 atom stereocenters. The van der Waals surface area contributed by atoms with Crippen LogP contribution in [0.5, 0.6) is 0 Å². The number of allylic oxidation sites excluding steroid dienone is 2. The average molecular weight is 192 g/mol. The minimum absolute atomic E-state index is 0.0750. The molecule has 2 heteroatoms. The van der Waals surface area contributed by atoms with E-state index in [1.165, 1.54) is 6.08 Å². The molecule has 0 saturated carbocycles. The predicted molar refractivity (Wildman–Crippen MR) is 55.1 cm³/mol. The van der Waals surface area contributed by atoms with Crippen LogP contribution in [0.25, 0.3) is 0 Å². The van der Waals surface area contributed by atoms with Gasteiger partial charge in [-0.1, -0.05) is 42.5 Å². The SMILES string of the molecule is C/C=C/C(F)CC(=O)c1ccccc1. The second kappa shape index (κ2) is 5.32. The summed E-state index contributed by atoms with van der Waals surface area (Å²) in [6, 6.07) is 8.78. The zero-order chi connectivity index (χ0) is 10.4. The van der Waals surface area contributed by atoms with Crippen LogP contribution >= 0.6 is 0 Å². The largest absolute Gasteiger partial charge is 0.294 e. The maximum Gasteiger partial charge on any atom is 0.166 e. The van der Waals surface area contributed by atoms with Crippen LogP contribution in [0.3, 0.4) is 0 Å². The van der Waals surface area contributed by atoms with Gasteiger partial charge < -0.3 is 0 Å². The summed E-state index contributed by atoms with van der Waals surface area (Å²) in [5.74, 6) is -0.156. The van der Waals surface area contributed by atoms with Gasteiger partial charge >= 0.3 is 0 Å². The third-order valence-corrected chi connectivity index (χ3v) is 1.88. The fraction of sp³-hybridized carbons (Fsp3) is 0.250. The summed E-state index contributed by atoms with van der Waals surface area (Å²) in [4.78, 5) is 11.5. The molecule has 0 aliphatic heterocycles. The van der Waals surface area contributed by atoms with Gasteiger partial charge in [0, 0.05) is 12.0 Å². The maximum atomic E-state index is 13.0. The first-order valence-electron chi connectivity index (χ1n) is 4.59. The van der Waals surface area contributed by atoms with E-state index >= 15 is 0 Å². The van der Waals surface area contributed by atoms with Gasteiger partial charge in [0.15, 0.2) is 5.78 Å². The van der Waals surface area contributed by atoms with Gasteiger partial charge in [-0.2, -0.15) is 0 Å². The van der Waals surface area contributed by atoms with E-state index in [4.69, 9.17) is 0 Å². The van der Waals surface area contributed by atoms with Crippen LogP contribution in [0.2, 0.25) is 0 Å². The summed E-state index contributed by atoms with van der Waals surface area (Å²) in [5, 5.41) is 0. The van der Waals surface area contributed by atoms with Crippen LogP contribution in [-0.4, -0.2) is 12.0 Å². The Hall–Kier alpha value is -1.44. The second-order valence-corrected chi connectivity index (χ2v) is 3.04. The van der Waals surface area contributed by atoms with Crippen LogP contribution in [0.4, 0.5) is 4.39 Å². The topological polar surface area (TPSA) is 17.1 Å². The Morgan fingerprint density at radius 2 is 2.07 bits per heavy atom. The van der Waals surface area contributed by atoms with Crippen LogP contribution < -0.4 is 0 Å². The fourth-order valence-electron chi connectivity index (χ4n) is 1.20. The van der Waals surface area contributed by atoms with Crippen molar-refractivity contribution in [3.63, 3.8) is 0 Å². The zero-order valence-corrected chi connectivity index (χ0v) is 8.11. The van der Waals surface area contributed by atoms with Gasteiger partial charge in [0.2, 0.25) is 0 Å². The van der Waals surface area contributed by atoms with Gasteiger partial charge in [-0.3, -0.25) is 4.79 Å². The number of halogens is 1. The Labute approximate surface area is 83.3 Å². The average Bonchev–Trinajstić information content (AvgIpc) is 2.19. The first-order chi connectivity index (χ1) is 6.74. The first-order valence-corrected chi connectivity index (χ1v) is 4.59. The summed E-state index contributed by atoms with van der Waals surface area (Å²) in [6.07, 6.45) is 1.76. The van der Waals surface area contributed by atoms with Crippen molar-refractivity contribution in [1.29, 1.82) is 0 Å². The highest BCUT2D eigenvalue weighted by Crippen LogP contribution is 2.08. The van der Waals surface area contributed by atoms with E-state index in [0.717, 1.165) is 0 Å². The summed E-state index contributed by atoms with van der Waals surface area (Å²) in [5.41, 5.74) is 0.569. The summed E-state index contributed by atoms with van der Waals surface area (Å²) < 4.78 is 13.0. The molecule has 0 spiro atoms. The molecule has 0 aromatic heterocycles. The first kappa shape index (κ1) is 10.6. The van der Waals surface area contributed by atoms with E-state index in [1.54, 1.807) is 37.3 Å². The van der Waals surface area contributed by atoms with Gasteiger partial charge in [-0.25, -0.2) is 4.39 Å². The molecule has 1 unspecified atom stereocenters. The third kappa shape index (κ3) is 3.13. The number of benzene rings is 1. The van der Waals surface area contributed by atoms with Crippen molar-refractivity contribution >= 4 is 5.78 Å². The van der Waals surface area contributed by atoms with Crippen LogP contribution in [0.1, 0.15) is 23.7 Å². The molecule has 0 bridgehead atoms. The van der Waals surface area contributed by atoms with Gasteiger partial charge in [0.1, 0.15) is 6.17 Å². The van der Waals surface area contributed by atoms with Crippen molar-refractivity contribution in [2.75, 3.05) is 0 Å². The van der Waals surface area contributed by atoms with Crippen LogP contribution in [0, 0.1) is 0 Å². The van der Waals surface area contributed by atoms with E-state index in [2.05, 4.69) is 0 Å². The lowest BCUT2D eigenvalue weighted by Gasteiger charge is -2.01. The molecule has 74 valence electrons. The molecule has 0 fully saturated rings. The number of carbonyl (C=O) groups excluding carboxylic acids is 1. The highest BCUT2D eigenvalue weighted by atomic mass is 19.1.